The zero-order valence-corrected chi connectivity index (χ0v) is 14.9. The first kappa shape index (κ1) is 18.1. The number of benzene rings is 1. The number of carbonyl (C=O) groups excluding carboxylic acids is 1. The number of aliphatic hydroxyl groups is 1. The molecule has 2 rings (SSSR count). The van der Waals surface area contributed by atoms with Gasteiger partial charge in [0.2, 0.25) is 0 Å². The van der Waals surface area contributed by atoms with Crippen LogP contribution in [0.15, 0.2) is 42.7 Å². The molecule has 0 radical (unpaired) electrons. The Balaban J connectivity index is 2.07. The smallest absolute Gasteiger partial charge is 0.253 e. The van der Waals surface area contributed by atoms with E-state index in [1.807, 2.05) is 50.5 Å². The highest BCUT2D eigenvalue weighted by atomic mass is 16.3. The molecule has 0 aliphatic heterocycles. The second kappa shape index (κ2) is 7.58. The van der Waals surface area contributed by atoms with Gasteiger partial charge >= 0.3 is 0 Å². The number of pyridine rings is 1. The third-order valence-corrected chi connectivity index (χ3v) is 4.09. The van der Waals surface area contributed by atoms with Crippen molar-refractivity contribution in [3.63, 3.8) is 0 Å². The molecule has 0 aliphatic carbocycles. The highest BCUT2D eigenvalue weighted by molar-refractivity contribution is 5.94. The molecule has 1 heterocycles. The first-order valence-corrected chi connectivity index (χ1v) is 8.22. The van der Waals surface area contributed by atoms with Gasteiger partial charge in [0.15, 0.2) is 0 Å². The Morgan fingerprint density at radius 1 is 1.29 bits per heavy atom. The number of amides is 1. The molecular formula is C20H26N2O2. The molecule has 1 aromatic carbocycles. The van der Waals surface area contributed by atoms with E-state index < -0.39 is 5.60 Å². The van der Waals surface area contributed by atoms with Crippen molar-refractivity contribution >= 4 is 5.91 Å². The van der Waals surface area contributed by atoms with Crippen molar-refractivity contribution in [2.45, 2.75) is 45.8 Å². The van der Waals surface area contributed by atoms with Gasteiger partial charge in [0.1, 0.15) is 0 Å². The van der Waals surface area contributed by atoms with E-state index in [1.54, 1.807) is 24.9 Å². The molecular weight excluding hydrogens is 300 g/mol. The van der Waals surface area contributed by atoms with Gasteiger partial charge in [-0.05, 0) is 68.5 Å². The van der Waals surface area contributed by atoms with Crippen LogP contribution >= 0.6 is 0 Å². The van der Waals surface area contributed by atoms with Crippen LogP contribution in [0.4, 0.5) is 0 Å². The normalized spacial score (nSPS) is 11.4. The molecule has 1 aromatic heterocycles. The van der Waals surface area contributed by atoms with E-state index in [9.17, 15) is 9.90 Å². The summed E-state index contributed by atoms with van der Waals surface area (Å²) in [5, 5.41) is 9.86. The highest BCUT2D eigenvalue weighted by Crippen LogP contribution is 2.16. The number of aryl methyl sites for hydroxylation is 2. The quantitative estimate of drug-likeness (QED) is 0.885. The van der Waals surface area contributed by atoms with Crippen LogP contribution in [0.1, 0.15) is 47.3 Å². The van der Waals surface area contributed by atoms with Gasteiger partial charge < -0.3 is 10.0 Å². The van der Waals surface area contributed by atoms with Gasteiger partial charge in [-0.25, -0.2) is 0 Å². The van der Waals surface area contributed by atoms with E-state index in [0.717, 1.165) is 23.1 Å². The lowest BCUT2D eigenvalue weighted by Gasteiger charge is -2.19. The van der Waals surface area contributed by atoms with Gasteiger partial charge in [0, 0.05) is 31.5 Å². The summed E-state index contributed by atoms with van der Waals surface area (Å²) in [6.45, 7) is 6.15. The minimum Gasteiger partial charge on any atom is -0.390 e. The van der Waals surface area contributed by atoms with Crippen molar-refractivity contribution in [3.8, 4) is 0 Å². The minimum atomic E-state index is -0.699. The predicted molar refractivity (Wildman–Crippen MR) is 95.8 cm³/mol. The Morgan fingerprint density at radius 3 is 2.71 bits per heavy atom. The van der Waals surface area contributed by atoms with E-state index in [0.29, 0.717) is 18.5 Å². The standard InChI is InChI=1S/C20H26N2O2/c1-15-13-21-11-9-18(15)14-22(4)19(23)17-7-5-6-16(12-17)8-10-20(2,3)24/h5-7,9,11-13,24H,8,10,14H2,1-4H3. The lowest BCUT2D eigenvalue weighted by Crippen LogP contribution is -2.26. The molecule has 1 N–H and O–H groups in total. The van der Waals surface area contributed by atoms with Crippen LogP contribution in [0, 0.1) is 6.92 Å². The molecule has 24 heavy (non-hydrogen) atoms. The Bertz CT molecular complexity index is 705. The number of rotatable bonds is 6. The monoisotopic (exact) mass is 326 g/mol. The van der Waals surface area contributed by atoms with E-state index in [1.165, 1.54) is 0 Å². The Hall–Kier alpha value is -2.20. The maximum Gasteiger partial charge on any atom is 0.253 e. The molecule has 0 unspecified atom stereocenters. The summed E-state index contributed by atoms with van der Waals surface area (Å²) in [4.78, 5) is 18.5. The number of carbonyl (C=O) groups is 1. The maximum absolute atomic E-state index is 12.7. The lowest BCUT2D eigenvalue weighted by atomic mass is 9.97. The fourth-order valence-corrected chi connectivity index (χ4v) is 2.54. The van der Waals surface area contributed by atoms with Crippen molar-refractivity contribution in [3.05, 3.63) is 65.0 Å². The van der Waals surface area contributed by atoms with Crippen molar-refractivity contribution in [2.75, 3.05) is 7.05 Å². The van der Waals surface area contributed by atoms with Crippen molar-refractivity contribution in [1.82, 2.24) is 9.88 Å². The molecule has 0 fully saturated rings. The summed E-state index contributed by atoms with van der Waals surface area (Å²) >= 11 is 0. The Labute approximate surface area is 144 Å². The second-order valence-electron chi connectivity index (χ2n) is 6.98. The fraction of sp³-hybridized carbons (Fsp3) is 0.400. The summed E-state index contributed by atoms with van der Waals surface area (Å²) in [7, 11) is 1.81. The molecule has 0 bridgehead atoms. The van der Waals surface area contributed by atoms with E-state index in [4.69, 9.17) is 0 Å². The molecule has 0 atom stereocenters. The molecule has 4 heteroatoms. The van der Waals surface area contributed by atoms with Crippen LogP contribution in [0.25, 0.3) is 0 Å². The number of hydrogen-bond donors (Lipinski definition) is 1. The van der Waals surface area contributed by atoms with Gasteiger partial charge in [-0.1, -0.05) is 12.1 Å². The van der Waals surface area contributed by atoms with Gasteiger partial charge in [-0.2, -0.15) is 0 Å². The van der Waals surface area contributed by atoms with Crippen LogP contribution < -0.4 is 0 Å². The SMILES string of the molecule is Cc1cnccc1CN(C)C(=O)c1cccc(CCC(C)(C)O)c1. The van der Waals surface area contributed by atoms with Crippen LogP contribution in [-0.4, -0.2) is 33.5 Å². The van der Waals surface area contributed by atoms with Gasteiger partial charge in [0.25, 0.3) is 5.91 Å². The zero-order chi connectivity index (χ0) is 17.7. The average molecular weight is 326 g/mol. The number of nitrogens with zero attached hydrogens (tertiary/aromatic N) is 2. The molecule has 4 nitrogen and oxygen atoms in total. The van der Waals surface area contributed by atoms with Gasteiger partial charge in [0.05, 0.1) is 5.60 Å². The van der Waals surface area contributed by atoms with E-state index in [2.05, 4.69) is 4.98 Å². The van der Waals surface area contributed by atoms with Crippen molar-refractivity contribution in [1.29, 1.82) is 0 Å². The average Bonchev–Trinajstić information content (AvgIpc) is 2.54. The van der Waals surface area contributed by atoms with Crippen LogP contribution in [0.2, 0.25) is 0 Å². The van der Waals surface area contributed by atoms with Gasteiger partial charge in [-0.15, -0.1) is 0 Å². The molecule has 0 saturated heterocycles. The molecule has 1 amide bonds. The summed E-state index contributed by atoms with van der Waals surface area (Å²) in [5.41, 5.74) is 3.22. The zero-order valence-electron chi connectivity index (χ0n) is 14.9. The maximum atomic E-state index is 12.7. The second-order valence-corrected chi connectivity index (χ2v) is 6.98. The fourth-order valence-electron chi connectivity index (χ4n) is 2.54. The Morgan fingerprint density at radius 2 is 2.04 bits per heavy atom. The third-order valence-electron chi connectivity index (χ3n) is 4.09. The van der Waals surface area contributed by atoms with Crippen LogP contribution in [-0.2, 0) is 13.0 Å². The van der Waals surface area contributed by atoms with Crippen LogP contribution in [0.3, 0.4) is 0 Å². The third kappa shape index (κ3) is 5.17. The first-order valence-electron chi connectivity index (χ1n) is 8.22. The first-order chi connectivity index (χ1) is 11.3. The molecule has 0 saturated carbocycles. The number of hydrogen-bond acceptors (Lipinski definition) is 3. The summed E-state index contributed by atoms with van der Waals surface area (Å²) in [5.74, 6) is -0.00341. The number of aromatic nitrogens is 1. The highest BCUT2D eigenvalue weighted by Gasteiger charge is 2.15. The van der Waals surface area contributed by atoms with Crippen molar-refractivity contribution < 1.29 is 9.90 Å². The van der Waals surface area contributed by atoms with Crippen LogP contribution in [0.5, 0.6) is 0 Å². The molecule has 0 spiro atoms. The van der Waals surface area contributed by atoms with Crippen molar-refractivity contribution in [2.24, 2.45) is 0 Å². The minimum absolute atomic E-state index is 0.00341. The van der Waals surface area contributed by atoms with Gasteiger partial charge in [-0.3, -0.25) is 9.78 Å². The summed E-state index contributed by atoms with van der Waals surface area (Å²) in [6, 6.07) is 9.60. The summed E-state index contributed by atoms with van der Waals surface area (Å²) in [6.07, 6.45) is 4.97. The topological polar surface area (TPSA) is 53.4 Å². The lowest BCUT2D eigenvalue weighted by molar-refractivity contribution is 0.0714. The Kier molecular flexibility index (Phi) is 5.73. The predicted octanol–water partition coefficient (Wildman–Crippen LogP) is 3.37. The molecule has 2 aromatic rings. The van der Waals surface area contributed by atoms with E-state index in [-0.39, 0.29) is 5.91 Å². The largest absolute Gasteiger partial charge is 0.390 e. The summed E-state index contributed by atoms with van der Waals surface area (Å²) < 4.78 is 0. The molecule has 128 valence electrons. The molecule has 0 aliphatic rings. The van der Waals surface area contributed by atoms with E-state index >= 15 is 0 Å².